The summed E-state index contributed by atoms with van der Waals surface area (Å²) in [5.74, 6) is -0.288. The lowest BCUT2D eigenvalue weighted by Gasteiger charge is -2.18. The van der Waals surface area contributed by atoms with Gasteiger partial charge in [0, 0.05) is 16.7 Å². The monoisotopic (exact) mass is 365 g/mol. The molecule has 0 aliphatic rings. The number of amides is 1. The Balaban J connectivity index is 2.07. The summed E-state index contributed by atoms with van der Waals surface area (Å²) in [4.78, 5) is 36.8. The topological polar surface area (TPSA) is 84.0 Å². The van der Waals surface area contributed by atoms with Crippen molar-refractivity contribution in [1.82, 2.24) is 14.9 Å². The number of nitrogens with one attached hydrogen (secondary N) is 2. The maximum atomic E-state index is 12.1. The van der Waals surface area contributed by atoms with E-state index >= 15 is 0 Å². The minimum Gasteiger partial charge on any atom is -0.348 e. The van der Waals surface area contributed by atoms with Gasteiger partial charge in [0.1, 0.15) is 6.54 Å². The zero-order valence-corrected chi connectivity index (χ0v) is 13.6. The van der Waals surface area contributed by atoms with Crippen LogP contribution in [0.2, 0.25) is 0 Å². The van der Waals surface area contributed by atoms with Crippen molar-refractivity contribution < 1.29 is 4.79 Å². The van der Waals surface area contributed by atoms with E-state index in [0.717, 1.165) is 21.0 Å². The van der Waals surface area contributed by atoms with Gasteiger partial charge in [-0.05, 0) is 24.1 Å². The van der Waals surface area contributed by atoms with Crippen LogP contribution in [0.25, 0.3) is 0 Å². The number of hydrogen-bond acceptors (Lipinski definition) is 3. The van der Waals surface area contributed by atoms with Gasteiger partial charge in [-0.1, -0.05) is 35.0 Å². The van der Waals surface area contributed by atoms with Gasteiger partial charge in [-0.25, -0.2) is 4.79 Å². The van der Waals surface area contributed by atoms with Crippen molar-refractivity contribution in [2.45, 2.75) is 25.9 Å². The van der Waals surface area contributed by atoms with Crippen molar-refractivity contribution >= 4 is 21.8 Å². The SMILES string of the molecule is CCC(NC(=O)Cn1ccc(=O)[nH]c1=O)c1ccc(Br)cc1. The number of carbonyl (C=O) groups is 1. The van der Waals surface area contributed by atoms with Gasteiger partial charge in [0.05, 0.1) is 6.04 Å². The van der Waals surface area contributed by atoms with Gasteiger partial charge in [-0.2, -0.15) is 0 Å². The fourth-order valence-corrected chi connectivity index (χ4v) is 2.34. The third-order valence-electron chi connectivity index (χ3n) is 3.23. The molecular weight excluding hydrogens is 350 g/mol. The lowest BCUT2D eigenvalue weighted by atomic mass is 10.0. The van der Waals surface area contributed by atoms with Gasteiger partial charge >= 0.3 is 5.69 Å². The largest absolute Gasteiger partial charge is 0.348 e. The number of H-pyrrole nitrogens is 1. The summed E-state index contributed by atoms with van der Waals surface area (Å²) in [6, 6.07) is 8.78. The second-order valence-electron chi connectivity index (χ2n) is 4.82. The Morgan fingerprint density at radius 3 is 2.55 bits per heavy atom. The summed E-state index contributed by atoms with van der Waals surface area (Å²) >= 11 is 3.37. The lowest BCUT2D eigenvalue weighted by molar-refractivity contribution is -0.122. The highest BCUT2D eigenvalue weighted by Gasteiger charge is 2.13. The van der Waals surface area contributed by atoms with Crippen molar-refractivity contribution in [2.75, 3.05) is 0 Å². The molecule has 1 amide bonds. The second kappa shape index (κ2) is 7.22. The molecule has 0 fully saturated rings. The van der Waals surface area contributed by atoms with Gasteiger partial charge in [-0.15, -0.1) is 0 Å². The molecule has 116 valence electrons. The number of rotatable bonds is 5. The molecular formula is C15H16BrN3O3. The average molecular weight is 366 g/mol. The van der Waals surface area contributed by atoms with E-state index in [4.69, 9.17) is 0 Å². The number of carbonyl (C=O) groups excluding carboxylic acids is 1. The minimum absolute atomic E-state index is 0.126. The summed E-state index contributed by atoms with van der Waals surface area (Å²) in [7, 11) is 0. The highest BCUT2D eigenvalue weighted by Crippen LogP contribution is 2.19. The average Bonchev–Trinajstić information content (AvgIpc) is 2.49. The Labute approximate surface area is 135 Å². The predicted molar refractivity (Wildman–Crippen MR) is 86.6 cm³/mol. The highest BCUT2D eigenvalue weighted by molar-refractivity contribution is 9.10. The van der Waals surface area contributed by atoms with E-state index in [1.54, 1.807) is 0 Å². The number of nitrogens with zero attached hydrogens (tertiary/aromatic N) is 1. The standard InChI is InChI=1S/C15H16BrN3O3/c1-2-12(10-3-5-11(16)6-4-10)17-14(21)9-19-8-7-13(20)18-15(19)22/h3-8,12H,2,9H2,1H3,(H,17,21)(H,18,20,22). The van der Waals surface area contributed by atoms with Crippen LogP contribution in [-0.4, -0.2) is 15.5 Å². The predicted octanol–water partition coefficient (Wildman–Crippen LogP) is 1.57. The highest BCUT2D eigenvalue weighted by atomic mass is 79.9. The van der Waals surface area contributed by atoms with Crippen molar-refractivity contribution in [2.24, 2.45) is 0 Å². The summed E-state index contributed by atoms with van der Waals surface area (Å²) in [5.41, 5.74) is -0.0878. The van der Waals surface area contributed by atoms with E-state index in [1.165, 1.54) is 12.3 Å². The lowest BCUT2D eigenvalue weighted by Crippen LogP contribution is -2.36. The molecule has 0 saturated heterocycles. The molecule has 0 spiro atoms. The summed E-state index contributed by atoms with van der Waals surface area (Å²) in [6.07, 6.45) is 2.04. The van der Waals surface area contributed by atoms with Crippen molar-refractivity contribution in [3.63, 3.8) is 0 Å². The van der Waals surface area contributed by atoms with E-state index in [2.05, 4.69) is 26.2 Å². The molecule has 2 rings (SSSR count). The van der Waals surface area contributed by atoms with Crippen molar-refractivity contribution in [3.8, 4) is 0 Å². The Hall–Kier alpha value is -2.15. The van der Waals surface area contributed by atoms with Gasteiger partial charge in [0.25, 0.3) is 5.56 Å². The number of aromatic amines is 1. The van der Waals surface area contributed by atoms with Crippen LogP contribution < -0.4 is 16.6 Å². The maximum absolute atomic E-state index is 12.1. The Morgan fingerprint density at radius 2 is 1.95 bits per heavy atom. The van der Waals surface area contributed by atoms with E-state index in [9.17, 15) is 14.4 Å². The third-order valence-corrected chi connectivity index (χ3v) is 3.76. The van der Waals surface area contributed by atoms with E-state index in [1.807, 2.05) is 31.2 Å². The second-order valence-corrected chi connectivity index (χ2v) is 5.73. The number of halogens is 1. The first kappa shape index (κ1) is 16.2. The summed E-state index contributed by atoms with van der Waals surface area (Å²) in [6.45, 7) is 1.84. The quantitative estimate of drug-likeness (QED) is 0.843. The minimum atomic E-state index is -0.598. The zero-order chi connectivity index (χ0) is 16.1. The molecule has 1 unspecified atom stereocenters. The molecule has 0 aliphatic heterocycles. The van der Waals surface area contributed by atoms with Crippen LogP contribution >= 0.6 is 15.9 Å². The Morgan fingerprint density at radius 1 is 1.27 bits per heavy atom. The number of benzene rings is 1. The molecule has 22 heavy (non-hydrogen) atoms. The summed E-state index contributed by atoms with van der Waals surface area (Å²) < 4.78 is 2.13. The molecule has 0 radical (unpaired) electrons. The summed E-state index contributed by atoms with van der Waals surface area (Å²) in [5, 5.41) is 2.89. The molecule has 1 aromatic carbocycles. The first-order chi connectivity index (χ1) is 10.5. The van der Waals surface area contributed by atoms with Gasteiger partial charge < -0.3 is 5.32 Å². The van der Waals surface area contributed by atoms with Crippen LogP contribution in [0.3, 0.4) is 0 Å². The Kier molecular flexibility index (Phi) is 5.32. The van der Waals surface area contributed by atoms with E-state index < -0.39 is 11.2 Å². The first-order valence-corrected chi connectivity index (χ1v) is 7.63. The molecule has 2 aromatic rings. The first-order valence-electron chi connectivity index (χ1n) is 6.84. The molecule has 1 aromatic heterocycles. The van der Waals surface area contributed by atoms with Crippen molar-refractivity contribution in [3.05, 3.63) is 67.4 Å². The molecule has 0 aliphatic carbocycles. The molecule has 1 heterocycles. The fraction of sp³-hybridized carbons (Fsp3) is 0.267. The molecule has 0 bridgehead atoms. The Bertz CT molecular complexity index is 765. The van der Waals surface area contributed by atoms with Gasteiger partial charge in [-0.3, -0.25) is 19.1 Å². The molecule has 2 N–H and O–H groups in total. The van der Waals surface area contributed by atoms with Crippen LogP contribution in [-0.2, 0) is 11.3 Å². The van der Waals surface area contributed by atoms with E-state index in [0.29, 0.717) is 0 Å². The van der Waals surface area contributed by atoms with Crippen molar-refractivity contribution in [1.29, 1.82) is 0 Å². The van der Waals surface area contributed by atoms with Crippen LogP contribution in [0.1, 0.15) is 24.9 Å². The number of hydrogen-bond donors (Lipinski definition) is 2. The van der Waals surface area contributed by atoms with Gasteiger partial charge in [0.15, 0.2) is 0 Å². The third kappa shape index (κ3) is 4.17. The smallest absolute Gasteiger partial charge is 0.328 e. The molecule has 1 atom stereocenters. The zero-order valence-electron chi connectivity index (χ0n) is 12.0. The van der Waals surface area contributed by atoms with Gasteiger partial charge in [0.2, 0.25) is 5.91 Å². The van der Waals surface area contributed by atoms with Crippen LogP contribution in [0, 0.1) is 0 Å². The molecule has 6 nitrogen and oxygen atoms in total. The molecule has 0 saturated carbocycles. The van der Waals surface area contributed by atoms with Crippen LogP contribution in [0.15, 0.2) is 50.6 Å². The van der Waals surface area contributed by atoms with Crippen LogP contribution in [0.5, 0.6) is 0 Å². The number of aromatic nitrogens is 2. The fourth-order valence-electron chi connectivity index (χ4n) is 2.08. The van der Waals surface area contributed by atoms with Crippen LogP contribution in [0.4, 0.5) is 0 Å². The maximum Gasteiger partial charge on any atom is 0.328 e. The van der Waals surface area contributed by atoms with E-state index in [-0.39, 0.29) is 18.5 Å². The molecule has 7 heteroatoms. The normalized spacial score (nSPS) is 11.9.